The van der Waals surface area contributed by atoms with Gasteiger partial charge in [-0.3, -0.25) is 9.59 Å². The van der Waals surface area contributed by atoms with Gasteiger partial charge in [0.1, 0.15) is 0 Å². The zero-order valence-corrected chi connectivity index (χ0v) is 17.5. The van der Waals surface area contributed by atoms with Gasteiger partial charge in [0.15, 0.2) is 0 Å². The molecular formula is C21H40O5. The predicted molar refractivity (Wildman–Crippen MR) is 104 cm³/mol. The summed E-state index contributed by atoms with van der Waals surface area (Å²) in [5.41, 5.74) is -1.81. The predicted octanol–water partition coefficient (Wildman–Crippen LogP) is 4.96. The fourth-order valence-corrected chi connectivity index (χ4v) is 3.55. The number of aliphatic hydroxyl groups excluding tert-OH is 1. The van der Waals surface area contributed by atoms with Crippen molar-refractivity contribution in [3.63, 3.8) is 0 Å². The lowest BCUT2D eigenvalue weighted by Gasteiger charge is -2.35. The third-order valence-corrected chi connectivity index (χ3v) is 6.07. The van der Waals surface area contributed by atoms with Crippen LogP contribution in [0.25, 0.3) is 0 Å². The molecule has 0 aliphatic rings. The number of hydrogen-bond donors (Lipinski definition) is 3. The summed E-state index contributed by atoms with van der Waals surface area (Å²) in [7, 11) is 0. The molecule has 0 heterocycles. The number of rotatable bonds is 14. The fourth-order valence-electron chi connectivity index (χ4n) is 3.55. The van der Waals surface area contributed by atoms with Gasteiger partial charge in [-0.2, -0.15) is 0 Å². The highest BCUT2D eigenvalue weighted by Crippen LogP contribution is 2.39. The van der Waals surface area contributed by atoms with E-state index in [1.165, 1.54) is 0 Å². The molecule has 0 amide bonds. The van der Waals surface area contributed by atoms with E-state index < -0.39 is 28.9 Å². The first-order valence-corrected chi connectivity index (χ1v) is 10.1. The second kappa shape index (κ2) is 10.9. The van der Waals surface area contributed by atoms with E-state index in [1.807, 2.05) is 0 Å². The standard InChI is InChI=1S/C21H40O5/c1-7-9-11-15(20(3,4)18(23)24)13-17(22)14-16(12-10-8-2)21(5,6)19(25)26/h15-17,22H,7-14H2,1-6H3,(H,23,24)(H,25,26). The van der Waals surface area contributed by atoms with Gasteiger partial charge in [0.05, 0.1) is 16.9 Å². The van der Waals surface area contributed by atoms with Gasteiger partial charge in [-0.05, 0) is 65.2 Å². The van der Waals surface area contributed by atoms with E-state index in [4.69, 9.17) is 0 Å². The molecule has 0 fully saturated rings. The molecule has 0 aliphatic carbocycles. The van der Waals surface area contributed by atoms with Crippen molar-refractivity contribution >= 4 is 11.9 Å². The van der Waals surface area contributed by atoms with Crippen molar-refractivity contribution < 1.29 is 24.9 Å². The van der Waals surface area contributed by atoms with Crippen LogP contribution < -0.4 is 0 Å². The van der Waals surface area contributed by atoms with Crippen molar-refractivity contribution in [2.24, 2.45) is 22.7 Å². The lowest BCUT2D eigenvalue weighted by molar-refractivity contribution is -0.151. The Morgan fingerprint density at radius 1 is 0.769 bits per heavy atom. The molecule has 0 saturated heterocycles. The third-order valence-electron chi connectivity index (χ3n) is 6.07. The molecule has 0 aromatic carbocycles. The summed E-state index contributed by atoms with van der Waals surface area (Å²) >= 11 is 0. The molecule has 0 bridgehead atoms. The van der Waals surface area contributed by atoms with Crippen molar-refractivity contribution in [1.82, 2.24) is 0 Å². The summed E-state index contributed by atoms with van der Waals surface area (Å²) in [5.74, 6) is -1.96. The molecule has 0 aliphatic heterocycles. The smallest absolute Gasteiger partial charge is 0.309 e. The number of carboxylic acids is 2. The molecule has 154 valence electrons. The maximum Gasteiger partial charge on any atom is 0.309 e. The van der Waals surface area contributed by atoms with Crippen LogP contribution in [0.4, 0.5) is 0 Å². The van der Waals surface area contributed by atoms with E-state index in [0.29, 0.717) is 12.8 Å². The Kier molecular flexibility index (Phi) is 10.4. The maximum absolute atomic E-state index is 11.7. The number of aliphatic hydroxyl groups is 1. The van der Waals surface area contributed by atoms with Crippen LogP contribution in [-0.4, -0.2) is 33.4 Å². The minimum atomic E-state index is -0.905. The summed E-state index contributed by atoms with van der Waals surface area (Å²) in [6, 6.07) is 0. The van der Waals surface area contributed by atoms with Gasteiger partial charge in [-0.25, -0.2) is 0 Å². The van der Waals surface area contributed by atoms with E-state index >= 15 is 0 Å². The number of aliphatic carboxylic acids is 2. The van der Waals surface area contributed by atoms with E-state index in [-0.39, 0.29) is 11.8 Å². The molecule has 0 rings (SSSR count). The van der Waals surface area contributed by atoms with Gasteiger partial charge in [-0.15, -0.1) is 0 Å². The SMILES string of the molecule is CCCCC(CC(O)CC(CCCC)C(C)(C)C(=O)O)C(C)(C)C(=O)O. The van der Waals surface area contributed by atoms with Gasteiger partial charge in [0, 0.05) is 0 Å². The minimum absolute atomic E-state index is 0.130. The molecule has 0 aromatic heterocycles. The normalized spacial score (nSPS) is 16.1. The van der Waals surface area contributed by atoms with Gasteiger partial charge < -0.3 is 15.3 Å². The third kappa shape index (κ3) is 7.26. The van der Waals surface area contributed by atoms with Crippen molar-refractivity contribution in [3.05, 3.63) is 0 Å². The van der Waals surface area contributed by atoms with E-state index in [0.717, 1.165) is 38.5 Å². The molecule has 0 spiro atoms. The molecule has 26 heavy (non-hydrogen) atoms. The number of carboxylic acid groups (broad SMARTS) is 2. The zero-order chi connectivity index (χ0) is 20.5. The van der Waals surface area contributed by atoms with Crippen LogP contribution in [0.3, 0.4) is 0 Å². The zero-order valence-electron chi connectivity index (χ0n) is 17.5. The van der Waals surface area contributed by atoms with Crippen molar-refractivity contribution in [2.45, 2.75) is 99.0 Å². The highest BCUT2D eigenvalue weighted by molar-refractivity contribution is 5.74. The van der Waals surface area contributed by atoms with Gasteiger partial charge in [0.25, 0.3) is 0 Å². The topological polar surface area (TPSA) is 94.8 Å². The summed E-state index contributed by atoms with van der Waals surface area (Å²) in [4.78, 5) is 23.3. The fraction of sp³-hybridized carbons (Fsp3) is 0.905. The van der Waals surface area contributed by atoms with Gasteiger partial charge in [-0.1, -0.05) is 39.5 Å². The van der Waals surface area contributed by atoms with E-state index in [2.05, 4.69) is 13.8 Å². The molecule has 5 heteroatoms. The molecule has 0 saturated carbocycles. The Morgan fingerprint density at radius 2 is 1.08 bits per heavy atom. The average Bonchev–Trinajstić information content (AvgIpc) is 2.54. The lowest BCUT2D eigenvalue weighted by atomic mass is 9.70. The van der Waals surface area contributed by atoms with Gasteiger partial charge in [0.2, 0.25) is 0 Å². The Balaban J connectivity index is 5.21. The van der Waals surface area contributed by atoms with Crippen LogP contribution >= 0.6 is 0 Å². The van der Waals surface area contributed by atoms with Crippen LogP contribution in [0.15, 0.2) is 0 Å². The molecule has 2 atom stereocenters. The Hall–Kier alpha value is -1.10. The highest BCUT2D eigenvalue weighted by atomic mass is 16.4. The average molecular weight is 373 g/mol. The summed E-state index contributed by atoms with van der Waals surface area (Å²) in [6.07, 6.45) is 5.44. The van der Waals surface area contributed by atoms with Crippen LogP contribution in [-0.2, 0) is 9.59 Å². The molecule has 0 aromatic rings. The summed E-state index contributed by atoms with van der Waals surface area (Å²) in [5, 5.41) is 29.8. The van der Waals surface area contributed by atoms with E-state index in [9.17, 15) is 24.9 Å². The number of carbonyl (C=O) groups is 2. The Morgan fingerprint density at radius 3 is 1.31 bits per heavy atom. The first-order valence-electron chi connectivity index (χ1n) is 10.1. The largest absolute Gasteiger partial charge is 0.481 e. The quantitative estimate of drug-likeness (QED) is 0.400. The lowest BCUT2D eigenvalue weighted by Crippen LogP contribution is -2.38. The monoisotopic (exact) mass is 372 g/mol. The van der Waals surface area contributed by atoms with Crippen molar-refractivity contribution in [1.29, 1.82) is 0 Å². The first-order chi connectivity index (χ1) is 11.9. The molecule has 5 nitrogen and oxygen atoms in total. The summed E-state index contributed by atoms with van der Waals surface area (Å²) in [6.45, 7) is 11.0. The number of unbranched alkanes of at least 4 members (excludes halogenated alkanes) is 2. The second-order valence-corrected chi connectivity index (χ2v) is 8.86. The van der Waals surface area contributed by atoms with Crippen LogP contribution in [0.5, 0.6) is 0 Å². The van der Waals surface area contributed by atoms with Crippen LogP contribution in [0.1, 0.15) is 92.9 Å². The molecule has 2 unspecified atom stereocenters. The number of hydrogen-bond acceptors (Lipinski definition) is 3. The second-order valence-electron chi connectivity index (χ2n) is 8.86. The Bertz CT molecular complexity index is 402. The van der Waals surface area contributed by atoms with E-state index in [1.54, 1.807) is 27.7 Å². The maximum atomic E-state index is 11.7. The summed E-state index contributed by atoms with van der Waals surface area (Å²) < 4.78 is 0. The van der Waals surface area contributed by atoms with Crippen molar-refractivity contribution in [3.8, 4) is 0 Å². The molecule has 0 radical (unpaired) electrons. The molecule has 3 N–H and O–H groups in total. The first kappa shape index (κ1) is 24.9. The highest BCUT2D eigenvalue weighted by Gasteiger charge is 2.40. The minimum Gasteiger partial charge on any atom is -0.481 e. The van der Waals surface area contributed by atoms with Crippen LogP contribution in [0, 0.1) is 22.7 Å². The molecular weight excluding hydrogens is 332 g/mol. The van der Waals surface area contributed by atoms with Gasteiger partial charge >= 0.3 is 11.9 Å². The van der Waals surface area contributed by atoms with Crippen molar-refractivity contribution in [2.75, 3.05) is 0 Å². The van der Waals surface area contributed by atoms with Crippen LogP contribution in [0.2, 0.25) is 0 Å². The Labute approximate surface area is 159 Å².